The lowest BCUT2D eigenvalue weighted by Crippen LogP contribution is -2.02. The van der Waals surface area contributed by atoms with E-state index < -0.39 is 0 Å². The van der Waals surface area contributed by atoms with Crippen molar-refractivity contribution in [3.05, 3.63) is 76.8 Å². The monoisotopic (exact) mass is 296 g/mol. The van der Waals surface area contributed by atoms with Gasteiger partial charge in [-0.15, -0.1) is 0 Å². The molecule has 0 heterocycles. The first-order chi connectivity index (χ1) is 10.2. The number of halogens is 1. The second kappa shape index (κ2) is 5.58. The van der Waals surface area contributed by atoms with Crippen LogP contribution in [0.2, 0.25) is 5.02 Å². The largest absolute Gasteiger partial charge is 0.495 e. The Kier molecular flexibility index (Phi) is 3.63. The maximum absolute atomic E-state index is 12.7. The molecule has 3 heteroatoms. The molecule has 0 bridgehead atoms. The summed E-state index contributed by atoms with van der Waals surface area (Å²) in [6.07, 6.45) is 0. The van der Waals surface area contributed by atoms with Gasteiger partial charge in [0.1, 0.15) is 5.75 Å². The second-order valence-electron chi connectivity index (χ2n) is 4.71. The highest BCUT2D eigenvalue weighted by atomic mass is 35.5. The fourth-order valence-electron chi connectivity index (χ4n) is 2.38. The van der Waals surface area contributed by atoms with E-state index in [-0.39, 0.29) is 5.78 Å². The second-order valence-corrected chi connectivity index (χ2v) is 5.11. The molecule has 0 amide bonds. The van der Waals surface area contributed by atoms with Crippen LogP contribution in [0.15, 0.2) is 60.7 Å². The van der Waals surface area contributed by atoms with Crippen LogP contribution in [0.3, 0.4) is 0 Å². The Balaban J connectivity index is 2.13. The van der Waals surface area contributed by atoms with Crippen LogP contribution < -0.4 is 4.74 Å². The van der Waals surface area contributed by atoms with E-state index in [1.165, 1.54) is 7.11 Å². The topological polar surface area (TPSA) is 26.3 Å². The first-order valence-electron chi connectivity index (χ1n) is 6.56. The van der Waals surface area contributed by atoms with Crippen molar-refractivity contribution >= 4 is 28.2 Å². The number of methoxy groups -OCH3 is 1. The van der Waals surface area contributed by atoms with E-state index in [1.807, 2.05) is 42.5 Å². The van der Waals surface area contributed by atoms with Crippen molar-refractivity contribution in [3.63, 3.8) is 0 Å². The molecule has 0 saturated carbocycles. The van der Waals surface area contributed by atoms with Crippen LogP contribution in [0.5, 0.6) is 5.75 Å². The van der Waals surface area contributed by atoms with Crippen LogP contribution in [-0.2, 0) is 0 Å². The smallest absolute Gasteiger partial charge is 0.193 e. The van der Waals surface area contributed by atoms with E-state index in [0.717, 1.165) is 10.8 Å². The number of ether oxygens (including phenoxy) is 1. The molecule has 3 rings (SSSR count). The average molecular weight is 297 g/mol. The lowest BCUT2D eigenvalue weighted by atomic mass is 9.97. The van der Waals surface area contributed by atoms with E-state index in [0.29, 0.717) is 21.9 Å². The van der Waals surface area contributed by atoms with Crippen LogP contribution in [0.1, 0.15) is 15.9 Å². The summed E-state index contributed by atoms with van der Waals surface area (Å²) in [6, 6.07) is 18.6. The molecule has 3 aromatic carbocycles. The fraction of sp³-hybridized carbons (Fsp3) is 0.0556. The normalized spacial score (nSPS) is 10.6. The Hall–Kier alpha value is -2.32. The maximum atomic E-state index is 12.7. The summed E-state index contributed by atoms with van der Waals surface area (Å²) in [5, 5.41) is 2.48. The Bertz CT molecular complexity index is 819. The van der Waals surface area contributed by atoms with Crippen LogP contribution in [0.4, 0.5) is 0 Å². The van der Waals surface area contributed by atoms with Gasteiger partial charge < -0.3 is 4.74 Å². The number of hydrogen-bond acceptors (Lipinski definition) is 2. The van der Waals surface area contributed by atoms with E-state index in [4.69, 9.17) is 16.3 Å². The third kappa shape index (κ3) is 2.50. The van der Waals surface area contributed by atoms with Gasteiger partial charge in [-0.2, -0.15) is 0 Å². The van der Waals surface area contributed by atoms with Gasteiger partial charge in [-0.1, -0.05) is 54.1 Å². The highest BCUT2D eigenvalue weighted by molar-refractivity contribution is 6.32. The Morgan fingerprint density at radius 2 is 1.76 bits per heavy atom. The first kappa shape index (κ1) is 13.7. The Morgan fingerprint density at radius 3 is 2.57 bits per heavy atom. The van der Waals surface area contributed by atoms with Crippen molar-refractivity contribution in [2.75, 3.05) is 7.11 Å². The zero-order chi connectivity index (χ0) is 14.8. The quantitative estimate of drug-likeness (QED) is 0.653. The van der Waals surface area contributed by atoms with Crippen molar-refractivity contribution in [1.82, 2.24) is 0 Å². The molecule has 0 aliphatic rings. The molecule has 3 aromatic rings. The number of rotatable bonds is 3. The number of benzene rings is 3. The predicted octanol–water partition coefficient (Wildman–Crippen LogP) is 4.73. The molecule has 2 nitrogen and oxygen atoms in total. The zero-order valence-electron chi connectivity index (χ0n) is 11.5. The molecule has 0 unspecified atom stereocenters. The lowest BCUT2D eigenvalue weighted by Gasteiger charge is -2.08. The van der Waals surface area contributed by atoms with E-state index >= 15 is 0 Å². The summed E-state index contributed by atoms with van der Waals surface area (Å²) in [6.45, 7) is 0. The summed E-state index contributed by atoms with van der Waals surface area (Å²) in [5.41, 5.74) is 1.24. The van der Waals surface area contributed by atoms with Gasteiger partial charge in [-0.05, 0) is 29.0 Å². The summed E-state index contributed by atoms with van der Waals surface area (Å²) in [7, 11) is 1.54. The number of hydrogen-bond donors (Lipinski definition) is 0. The molecule has 104 valence electrons. The van der Waals surface area contributed by atoms with Crippen molar-refractivity contribution in [2.45, 2.75) is 0 Å². The van der Waals surface area contributed by atoms with Crippen LogP contribution in [0.25, 0.3) is 10.8 Å². The van der Waals surface area contributed by atoms with Crippen molar-refractivity contribution in [1.29, 1.82) is 0 Å². The molecule has 0 N–H and O–H groups in total. The van der Waals surface area contributed by atoms with Gasteiger partial charge in [0.2, 0.25) is 0 Å². The molecule has 0 aliphatic heterocycles. The van der Waals surface area contributed by atoms with Gasteiger partial charge in [0.25, 0.3) is 0 Å². The van der Waals surface area contributed by atoms with Crippen LogP contribution in [-0.4, -0.2) is 12.9 Å². The highest BCUT2D eigenvalue weighted by Crippen LogP contribution is 2.27. The molecular formula is C18H13ClO2. The summed E-state index contributed by atoms with van der Waals surface area (Å²) >= 11 is 6.01. The lowest BCUT2D eigenvalue weighted by molar-refractivity contribution is 0.104. The van der Waals surface area contributed by atoms with Gasteiger partial charge in [0.05, 0.1) is 12.1 Å². The third-order valence-electron chi connectivity index (χ3n) is 3.45. The van der Waals surface area contributed by atoms with Crippen molar-refractivity contribution in [2.24, 2.45) is 0 Å². The van der Waals surface area contributed by atoms with Crippen LogP contribution in [0, 0.1) is 0 Å². The zero-order valence-corrected chi connectivity index (χ0v) is 12.2. The van der Waals surface area contributed by atoms with E-state index in [2.05, 4.69) is 0 Å². The number of carbonyl (C=O) groups is 1. The summed E-state index contributed by atoms with van der Waals surface area (Å²) in [5.74, 6) is 0.463. The van der Waals surface area contributed by atoms with Crippen LogP contribution >= 0.6 is 11.6 Å². The maximum Gasteiger partial charge on any atom is 0.193 e. The molecule has 0 aromatic heterocycles. The molecule has 21 heavy (non-hydrogen) atoms. The summed E-state index contributed by atoms with van der Waals surface area (Å²) < 4.78 is 5.17. The standard InChI is InChI=1S/C18H13ClO2/c1-21-17-11-13(9-10-16(17)19)18(20)15-8-4-6-12-5-2-3-7-14(12)15/h2-11H,1H3. The van der Waals surface area contributed by atoms with Crippen molar-refractivity contribution < 1.29 is 9.53 Å². The number of ketones is 1. The van der Waals surface area contributed by atoms with E-state index in [9.17, 15) is 4.79 Å². The minimum Gasteiger partial charge on any atom is -0.495 e. The van der Waals surface area contributed by atoms with Gasteiger partial charge in [-0.25, -0.2) is 0 Å². The summed E-state index contributed by atoms with van der Waals surface area (Å²) in [4.78, 5) is 12.7. The van der Waals surface area contributed by atoms with E-state index in [1.54, 1.807) is 18.2 Å². The minimum atomic E-state index is -0.0400. The first-order valence-corrected chi connectivity index (χ1v) is 6.94. The van der Waals surface area contributed by atoms with Crippen molar-refractivity contribution in [3.8, 4) is 5.75 Å². The minimum absolute atomic E-state index is 0.0400. The van der Waals surface area contributed by atoms with Gasteiger partial charge in [-0.3, -0.25) is 4.79 Å². The molecule has 0 spiro atoms. The fourth-order valence-corrected chi connectivity index (χ4v) is 2.57. The molecule has 0 atom stereocenters. The number of fused-ring (bicyclic) bond motifs is 1. The SMILES string of the molecule is COc1cc(C(=O)c2cccc3ccccc23)ccc1Cl. The predicted molar refractivity (Wildman–Crippen MR) is 85.4 cm³/mol. The molecule has 0 radical (unpaired) electrons. The molecule has 0 aliphatic carbocycles. The Labute approximate surface area is 127 Å². The number of carbonyl (C=O) groups excluding carboxylic acids is 1. The van der Waals surface area contributed by atoms with Gasteiger partial charge in [0, 0.05) is 11.1 Å². The molecular weight excluding hydrogens is 284 g/mol. The van der Waals surface area contributed by atoms with Gasteiger partial charge >= 0.3 is 0 Å². The van der Waals surface area contributed by atoms with Gasteiger partial charge in [0.15, 0.2) is 5.78 Å². The average Bonchev–Trinajstić information content (AvgIpc) is 2.54. The highest BCUT2D eigenvalue weighted by Gasteiger charge is 2.14. The molecule has 0 fully saturated rings. The molecule has 0 saturated heterocycles. The third-order valence-corrected chi connectivity index (χ3v) is 3.76. The Morgan fingerprint density at radius 1 is 1.00 bits per heavy atom.